The van der Waals surface area contributed by atoms with Gasteiger partial charge in [0, 0.05) is 18.8 Å². The summed E-state index contributed by atoms with van der Waals surface area (Å²) < 4.78 is 9.97. The number of rotatable bonds is 8. The van der Waals surface area contributed by atoms with E-state index in [4.69, 9.17) is 9.47 Å². The van der Waals surface area contributed by atoms with Crippen LogP contribution in [0.2, 0.25) is 0 Å². The first-order valence-electron chi connectivity index (χ1n) is 8.45. The fourth-order valence-corrected chi connectivity index (χ4v) is 2.36. The Morgan fingerprint density at radius 3 is 2.00 bits per heavy atom. The van der Waals surface area contributed by atoms with Crippen LogP contribution in [0.25, 0.3) is 0 Å². The van der Waals surface area contributed by atoms with Crippen molar-refractivity contribution in [3.63, 3.8) is 0 Å². The molecule has 7 heteroatoms. The molecule has 25 heavy (non-hydrogen) atoms. The van der Waals surface area contributed by atoms with Crippen LogP contribution < -0.4 is 5.32 Å². The third-order valence-corrected chi connectivity index (χ3v) is 3.89. The van der Waals surface area contributed by atoms with Crippen LogP contribution in [0.1, 0.15) is 47.4 Å². The quantitative estimate of drug-likeness (QED) is 0.724. The van der Waals surface area contributed by atoms with Gasteiger partial charge in [0.1, 0.15) is 0 Å². The molecular formula is C18H24N2O5. The summed E-state index contributed by atoms with van der Waals surface area (Å²) in [6.45, 7) is 3.96. The number of amides is 1. The Balaban J connectivity index is 2.15. The van der Waals surface area contributed by atoms with Crippen LogP contribution in [0, 0.1) is 0 Å². The highest BCUT2D eigenvalue weighted by Crippen LogP contribution is 2.25. The van der Waals surface area contributed by atoms with Crippen molar-refractivity contribution in [2.45, 2.75) is 32.7 Å². The molecule has 0 atom stereocenters. The van der Waals surface area contributed by atoms with Crippen molar-refractivity contribution in [3.8, 4) is 0 Å². The molecule has 7 nitrogen and oxygen atoms in total. The summed E-state index contributed by atoms with van der Waals surface area (Å²) >= 11 is 0. The molecule has 1 saturated carbocycles. The molecule has 136 valence electrons. The van der Waals surface area contributed by atoms with E-state index < -0.39 is 11.9 Å². The Bertz CT molecular complexity index is 619. The zero-order valence-electron chi connectivity index (χ0n) is 14.8. The number of ether oxygens (including phenoxy) is 2. The number of hydrogen-bond donors (Lipinski definition) is 1. The van der Waals surface area contributed by atoms with E-state index >= 15 is 0 Å². The molecule has 0 aromatic heterocycles. The van der Waals surface area contributed by atoms with Crippen LogP contribution in [0.4, 0.5) is 5.69 Å². The summed E-state index contributed by atoms with van der Waals surface area (Å²) in [5.41, 5.74) is 0.960. The number of nitrogens with one attached hydrogen (secondary N) is 1. The van der Waals surface area contributed by atoms with E-state index in [1.54, 1.807) is 37.9 Å². The lowest BCUT2D eigenvalue weighted by Gasteiger charge is -2.17. The minimum atomic E-state index is -0.530. The first-order chi connectivity index (χ1) is 12.0. The third-order valence-electron chi connectivity index (χ3n) is 3.89. The zero-order valence-corrected chi connectivity index (χ0v) is 14.8. The van der Waals surface area contributed by atoms with Crippen molar-refractivity contribution in [2.24, 2.45) is 0 Å². The molecule has 0 aliphatic heterocycles. The minimum absolute atomic E-state index is 0.0401. The molecule has 2 rings (SSSR count). The average molecular weight is 348 g/mol. The Hall–Kier alpha value is -2.57. The number of carbonyl (C=O) groups is 3. The fourth-order valence-electron chi connectivity index (χ4n) is 2.36. The van der Waals surface area contributed by atoms with Crippen molar-refractivity contribution in [2.75, 3.05) is 32.1 Å². The van der Waals surface area contributed by atoms with Crippen LogP contribution in [0.5, 0.6) is 0 Å². The fraction of sp³-hybridized carbons (Fsp3) is 0.500. The first-order valence-corrected chi connectivity index (χ1v) is 8.45. The van der Waals surface area contributed by atoms with E-state index in [-0.39, 0.29) is 36.8 Å². The summed E-state index contributed by atoms with van der Waals surface area (Å²) in [7, 11) is 1.78. The zero-order chi connectivity index (χ0) is 18.4. The van der Waals surface area contributed by atoms with Gasteiger partial charge in [0.2, 0.25) is 5.91 Å². The molecule has 0 radical (unpaired) electrons. The Labute approximate surface area is 147 Å². The predicted molar refractivity (Wildman–Crippen MR) is 92.6 cm³/mol. The molecule has 0 heterocycles. The normalized spacial score (nSPS) is 13.1. The summed E-state index contributed by atoms with van der Waals surface area (Å²) in [5, 5.41) is 2.98. The van der Waals surface area contributed by atoms with E-state index in [0.717, 1.165) is 12.8 Å². The molecule has 1 aliphatic rings. The summed E-state index contributed by atoms with van der Waals surface area (Å²) in [5.74, 6) is -1.10. The highest BCUT2D eigenvalue weighted by molar-refractivity contribution is 5.97. The lowest BCUT2D eigenvalue weighted by Crippen LogP contribution is -2.33. The second-order valence-corrected chi connectivity index (χ2v) is 5.83. The molecular weight excluding hydrogens is 324 g/mol. The van der Waals surface area contributed by atoms with Gasteiger partial charge < -0.3 is 19.7 Å². The van der Waals surface area contributed by atoms with Crippen molar-refractivity contribution in [1.29, 1.82) is 0 Å². The number of nitrogens with zero attached hydrogens (tertiary/aromatic N) is 1. The Morgan fingerprint density at radius 1 is 1.04 bits per heavy atom. The van der Waals surface area contributed by atoms with Gasteiger partial charge >= 0.3 is 11.9 Å². The maximum Gasteiger partial charge on any atom is 0.338 e. The topological polar surface area (TPSA) is 84.9 Å². The highest BCUT2D eigenvalue weighted by atomic mass is 16.5. The molecule has 1 N–H and O–H groups in total. The second kappa shape index (κ2) is 8.50. The van der Waals surface area contributed by atoms with Crippen molar-refractivity contribution in [1.82, 2.24) is 4.90 Å². The van der Waals surface area contributed by atoms with E-state index in [0.29, 0.717) is 11.7 Å². The minimum Gasteiger partial charge on any atom is -0.462 e. The summed E-state index contributed by atoms with van der Waals surface area (Å²) in [4.78, 5) is 37.8. The summed E-state index contributed by atoms with van der Waals surface area (Å²) in [6, 6.07) is 4.88. The van der Waals surface area contributed by atoms with Crippen molar-refractivity contribution >= 4 is 23.5 Å². The largest absolute Gasteiger partial charge is 0.462 e. The van der Waals surface area contributed by atoms with Gasteiger partial charge in [-0.05, 0) is 44.9 Å². The number of esters is 2. The maximum atomic E-state index is 12.1. The molecule has 0 unspecified atom stereocenters. The molecule has 1 aromatic rings. The van der Waals surface area contributed by atoms with Gasteiger partial charge in [-0.15, -0.1) is 0 Å². The van der Waals surface area contributed by atoms with E-state index in [9.17, 15) is 14.4 Å². The smallest absolute Gasteiger partial charge is 0.338 e. The predicted octanol–water partition coefficient (Wildman–Crippen LogP) is 2.07. The van der Waals surface area contributed by atoms with Gasteiger partial charge in [-0.1, -0.05) is 0 Å². The number of likely N-dealkylation sites (N-methyl/N-ethyl adjacent to an activating group) is 1. The molecule has 0 saturated heterocycles. The van der Waals surface area contributed by atoms with E-state index in [2.05, 4.69) is 5.32 Å². The Morgan fingerprint density at radius 2 is 1.56 bits per heavy atom. The first kappa shape index (κ1) is 18.8. The van der Waals surface area contributed by atoms with Gasteiger partial charge in [0.25, 0.3) is 0 Å². The van der Waals surface area contributed by atoms with Crippen LogP contribution in [-0.2, 0) is 14.3 Å². The van der Waals surface area contributed by atoms with Gasteiger partial charge in [-0.2, -0.15) is 0 Å². The second-order valence-electron chi connectivity index (χ2n) is 5.83. The molecule has 1 aromatic carbocycles. The third kappa shape index (κ3) is 5.20. The molecule has 0 bridgehead atoms. The monoisotopic (exact) mass is 348 g/mol. The Kier molecular flexibility index (Phi) is 6.38. The molecule has 1 fully saturated rings. The van der Waals surface area contributed by atoms with Crippen molar-refractivity contribution < 1.29 is 23.9 Å². The van der Waals surface area contributed by atoms with Crippen LogP contribution in [-0.4, -0.2) is 55.6 Å². The highest BCUT2D eigenvalue weighted by Gasteiger charge is 2.29. The summed E-state index contributed by atoms with van der Waals surface area (Å²) in [6.07, 6.45) is 2.07. The van der Waals surface area contributed by atoms with Crippen LogP contribution >= 0.6 is 0 Å². The lowest BCUT2D eigenvalue weighted by molar-refractivity contribution is -0.128. The van der Waals surface area contributed by atoms with E-state index in [1.807, 2.05) is 0 Å². The van der Waals surface area contributed by atoms with Gasteiger partial charge in [0.05, 0.1) is 30.9 Å². The number of anilines is 1. The van der Waals surface area contributed by atoms with E-state index in [1.165, 1.54) is 6.07 Å². The van der Waals surface area contributed by atoms with Gasteiger partial charge in [0.15, 0.2) is 0 Å². The lowest BCUT2D eigenvalue weighted by atomic mass is 10.1. The standard InChI is InChI=1S/C18H24N2O5/c1-4-24-17(22)12-8-13(18(23)25-5-2)10-14(9-12)19-11-16(21)20(3)15-6-7-15/h8-10,15,19H,4-7,11H2,1-3H3. The average Bonchev–Trinajstić information content (AvgIpc) is 3.44. The van der Waals surface area contributed by atoms with Crippen LogP contribution in [0.3, 0.4) is 0 Å². The molecule has 1 amide bonds. The number of hydrogen-bond acceptors (Lipinski definition) is 6. The number of benzene rings is 1. The van der Waals surface area contributed by atoms with Crippen molar-refractivity contribution in [3.05, 3.63) is 29.3 Å². The van der Waals surface area contributed by atoms with Gasteiger partial charge in [-0.3, -0.25) is 4.79 Å². The van der Waals surface area contributed by atoms with Crippen LogP contribution in [0.15, 0.2) is 18.2 Å². The SMILES string of the molecule is CCOC(=O)c1cc(NCC(=O)N(C)C2CC2)cc(C(=O)OCC)c1. The molecule has 1 aliphatic carbocycles. The molecule has 0 spiro atoms. The number of carbonyl (C=O) groups excluding carboxylic acids is 3. The van der Waals surface area contributed by atoms with Gasteiger partial charge in [-0.25, -0.2) is 9.59 Å². The maximum absolute atomic E-state index is 12.1.